The van der Waals surface area contributed by atoms with Crippen LogP contribution in [-0.2, 0) is 10.0 Å². The number of nitrogens with zero attached hydrogens (tertiary/aromatic N) is 2. The quantitative estimate of drug-likeness (QED) is 0.634. The highest BCUT2D eigenvalue weighted by atomic mass is 32.2. The smallest absolute Gasteiger partial charge is 0.293 e. The van der Waals surface area contributed by atoms with E-state index < -0.39 is 14.9 Å². The molecule has 7 nitrogen and oxygen atoms in total. The van der Waals surface area contributed by atoms with Gasteiger partial charge >= 0.3 is 0 Å². The monoisotopic (exact) mass is 375 g/mol. The number of para-hydroxylation sites is 1. The molecule has 0 spiro atoms. The summed E-state index contributed by atoms with van der Waals surface area (Å²) < 4.78 is 27.6. The molecule has 2 aromatic carbocycles. The van der Waals surface area contributed by atoms with Gasteiger partial charge in [0.2, 0.25) is 0 Å². The highest BCUT2D eigenvalue weighted by Gasteiger charge is 2.25. The molecule has 0 saturated carbocycles. The van der Waals surface area contributed by atoms with Gasteiger partial charge in [0.05, 0.1) is 9.82 Å². The first kappa shape index (κ1) is 18.2. The number of sulfonamides is 1. The van der Waals surface area contributed by atoms with Gasteiger partial charge < -0.3 is 4.90 Å². The van der Waals surface area contributed by atoms with Crippen LogP contribution in [0.15, 0.2) is 53.4 Å². The third-order valence-electron chi connectivity index (χ3n) is 4.43. The zero-order valence-corrected chi connectivity index (χ0v) is 15.1. The normalized spacial score (nSPS) is 15.3. The van der Waals surface area contributed by atoms with E-state index in [-0.39, 0.29) is 10.6 Å². The van der Waals surface area contributed by atoms with E-state index in [9.17, 15) is 18.5 Å². The summed E-state index contributed by atoms with van der Waals surface area (Å²) in [7, 11) is -3.90. The minimum atomic E-state index is -3.90. The standard InChI is InChI=1S/C18H21N3O4S/c22-21(23)18-14-16(26(24,25)19-15-8-4-3-5-9-15)10-11-17(18)20-12-6-1-2-7-13-20/h3-5,8-11,14,19H,1-2,6-7,12-13H2. The van der Waals surface area contributed by atoms with Crippen LogP contribution in [0.5, 0.6) is 0 Å². The van der Waals surface area contributed by atoms with E-state index in [0.29, 0.717) is 11.4 Å². The van der Waals surface area contributed by atoms with Gasteiger partial charge in [-0.05, 0) is 37.1 Å². The van der Waals surface area contributed by atoms with Gasteiger partial charge in [0.25, 0.3) is 15.7 Å². The van der Waals surface area contributed by atoms with Crippen molar-refractivity contribution in [2.45, 2.75) is 30.6 Å². The Kier molecular flexibility index (Phi) is 5.41. The van der Waals surface area contributed by atoms with Crippen molar-refractivity contribution in [1.29, 1.82) is 0 Å². The molecule has 3 rings (SSSR count). The lowest BCUT2D eigenvalue weighted by atomic mass is 10.2. The van der Waals surface area contributed by atoms with Gasteiger partial charge in [0, 0.05) is 24.8 Å². The first-order valence-electron chi connectivity index (χ1n) is 8.59. The lowest BCUT2D eigenvalue weighted by Gasteiger charge is -2.22. The lowest BCUT2D eigenvalue weighted by Crippen LogP contribution is -2.25. The summed E-state index contributed by atoms with van der Waals surface area (Å²) in [6, 6.07) is 12.6. The molecular formula is C18H21N3O4S. The molecule has 2 aromatic rings. The van der Waals surface area contributed by atoms with Gasteiger partial charge in [-0.1, -0.05) is 31.0 Å². The maximum absolute atomic E-state index is 12.6. The Labute approximate surface area is 152 Å². The van der Waals surface area contributed by atoms with Crippen molar-refractivity contribution < 1.29 is 13.3 Å². The van der Waals surface area contributed by atoms with Crippen molar-refractivity contribution in [2.24, 2.45) is 0 Å². The summed E-state index contributed by atoms with van der Waals surface area (Å²) in [5.74, 6) is 0. The van der Waals surface area contributed by atoms with Gasteiger partial charge in [0.15, 0.2) is 0 Å². The van der Waals surface area contributed by atoms with Crippen LogP contribution in [0, 0.1) is 10.1 Å². The van der Waals surface area contributed by atoms with Crippen LogP contribution in [0.4, 0.5) is 17.1 Å². The van der Waals surface area contributed by atoms with Crippen LogP contribution in [0.3, 0.4) is 0 Å². The molecule has 1 fully saturated rings. The van der Waals surface area contributed by atoms with E-state index in [1.807, 2.05) is 4.90 Å². The zero-order chi connectivity index (χ0) is 18.6. The summed E-state index contributed by atoms with van der Waals surface area (Å²) in [4.78, 5) is 12.9. The second-order valence-electron chi connectivity index (χ2n) is 6.28. The van der Waals surface area contributed by atoms with Crippen molar-refractivity contribution in [2.75, 3.05) is 22.7 Å². The summed E-state index contributed by atoms with van der Waals surface area (Å²) in [5.41, 5.74) is 0.713. The largest absolute Gasteiger partial charge is 0.366 e. The van der Waals surface area contributed by atoms with Crippen molar-refractivity contribution in [3.63, 3.8) is 0 Å². The van der Waals surface area contributed by atoms with E-state index in [2.05, 4.69) is 4.72 Å². The third kappa shape index (κ3) is 4.13. The van der Waals surface area contributed by atoms with E-state index in [0.717, 1.165) is 44.8 Å². The maximum atomic E-state index is 12.6. The molecule has 1 heterocycles. The van der Waals surface area contributed by atoms with E-state index >= 15 is 0 Å². The molecule has 138 valence electrons. The fourth-order valence-electron chi connectivity index (χ4n) is 3.12. The van der Waals surface area contributed by atoms with Gasteiger partial charge in [-0.25, -0.2) is 8.42 Å². The zero-order valence-electron chi connectivity index (χ0n) is 14.3. The first-order chi connectivity index (χ1) is 12.5. The number of hydrogen-bond donors (Lipinski definition) is 1. The minimum absolute atomic E-state index is 0.119. The summed E-state index contributed by atoms with van der Waals surface area (Å²) >= 11 is 0. The molecule has 1 aliphatic rings. The number of nitro groups is 1. The molecule has 0 atom stereocenters. The number of benzene rings is 2. The SMILES string of the molecule is O=[N+]([O-])c1cc(S(=O)(=O)Nc2ccccc2)ccc1N1CCCCCC1. The fraction of sp³-hybridized carbons (Fsp3) is 0.333. The van der Waals surface area contributed by atoms with Crippen molar-refractivity contribution in [3.8, 4) is 0 Å². The minimum Gasteiger partial charge on any atom is -0.366 e. The van der Waals surface area contributed by atoms with Crippen LogP contribution in [0.25, 0.3) is 0 Å². The molecule has 0 radical (unpaired) electrons. The summed E-state index contributed by atoms with van der Waals surface area (Å²) in [6.45, 7) is 1.49. The summed E-state index contributed by atoms with van der Waals surface area (Å²) in [6.07, 6.45) is 4.18. The van der Waals surface area contributed by atoms with Crippen LogP contribution >= 0.6 is 0 Å². The van der Waals surface area contributed by atoms with E-state index in [1.54, 1.807) is 36.4 Å². The molecule has 1 saturated heterocycles. The van der Waals surface area contributed by atoms with Gasteiger partial charge in [-0.3, -0.25) is 14.8 Å². The average Bonchev–Trinajstić information content (AvgIpc) is 2.91. The summed E-state index contributed by atoms with van der Waals surface area (Å²) in [5, 5.41) is 11.6. The predicted molar refractivity (Wildman–Crippen MR) is 101 cm³/mol. The number of nitrogens with one attached hydrogen (secondary N) is 1. The Bertz CT molecular complexity index is 877. The molecule has 8 heteroatoms. The molecule has 0 bridgehead atoms. The van der Waals surface area contributed by atoms with Crippen LogP contribution in [0.1, 0.15) is 25.7 Å². The van der Waals surface area contributed by atoms with E-state index in [1.165, 1.54) is 6.07 Å². The van der Waals surface area contributed by atoms with Crippen LogP contribution in [-0.4, -0.2) is 26.4 Å². The van der Waals surface area contributed by atoms with Gasteiger partial charge in [-0.2, -0.15) is 0 Å². The molecule has 1 N–H and O–H groups in total. The van der Waals surface area contributed by atoms with Crippen molar-refractivity contribution in [1.82, 2.24) is 0 Å². The Morgan fingerprint density at radius 3 is 2.23 bits per heavy atom. The fourth-order valence-corrected chi connectivity index (χ4v) is 4.19. The Morgan fingerprint density at radius 2 is 1.62 bits per heavy atom. The van der Waals surface area contributed by atoms with Crippen LogP contribution in [0.2, 0.25) is 0 Å². The number of rotatable bonds is 5. The van der Waals surface area contributed by atoms with Gasteiger partial charge in [0.1, 0.15) is 5.69 Å². The Balaban J connectivity index is 1.94. The molecule has 0 aliphatic carbocycles. The van der Waals surface area contributed by atoms with Crippen molar-refractivity contribution >= 4 is 27.1 Å². The Morgan fingerprint density at radius 1 is 0.962 bits per heavy atom. The van der Waals surface area contributed by atoms with Crippen molar-refractivity contribution in [3.05, 3.63) is 58.6 Å². The average molecular weight is 375 g/mol. The topological polar surface area (TPSA) is 92.5 Å². The molecule has 1 aliphatic heterocycles. The van der Waals surface area contributed by atoms with E-state index in [4.69, 9.17) is 0 Å². The number of hydrogen-bond acceptors (Lipinski definition) is 5. The Hall–Kier alpha value is -2.61. The molecule has 0 unspecified atom stereocenters. The molecule has 26 heavy (non-hydrogen) atoms. The first-order valence-corrected chi connectivity index (χ1v) is 10.1. The number of anilines is 2. The second kappa shape index (κ2) is 7.74. The maximum Gasteiger partial charge on any atom is 0.293 e. The molecule has 0 aromatic heterocycles. The third-order valence-corrected chi connectivity index (χ3v) is 5.81. The lowest BCUT2D eigenvalue weighted by molar-refractivity contribution is -0.384. The highest BCUT2D eigenvalue weighted by Crippen LogP contribution is 2.32. The second-order valence-corrected chi connectivity index (χ2v) is 7.96. The molecule has 0 amide bonds. The number of nitro benzene ring substituents is 1. The van der Waals surface area contributed by atoms with Gasteiger partial charge in [-0.15, -0.1) is 0 Å². The molecular weight excluding hydrogens is 354 g/mol. The highest BCUT2D eigenvalue weighted by molar-refractivity contribution is 7.92. The predicted octanol–water partition coefficient (Wildman–Crippen LogP) is 3.78. The van der Waals surface area contributed by atoms with Crippen LogP contribution < -0.4 is 9.62 Å².